The van der Waals surface area contributed by atoms with Crippen molar-refractivity contribution in [1.29, 1.82) is 0 Å². The van der Waals surface area contributed by atoms with Crippen molar-refractivity contribution in [2.24, 2.45) is 0 Å². The highest BCUT2D eigenvalue weighted by Gasteiger charge is 2.24. The topological polar surface area (TPSA) is 86.8 Å². The number of hydrogen-bond donors (Lipinski definition) is 1. The number of halogens is 2. The number of rotatable bonds is 13. The van der Waals surface area contributed by atoms with Crippen molar-refractivity contribution in [3.05, 3.63) is 75.9 Å². The lowest BCUT2D eigenvalue weighted by Gasteiger charge is -2.24. The van der Waals surface area contributed by atoms with Gasteiger partial charge in [0, 0.05) is 39.3 Å². The van der Waals surface area contributed by atoms with Crippen molar-refractivity contribution < 1.29 is 19.2 Å². The molecular formula is C22H31Cl2N3O4. The molecule has 31 heavy (non-hydrogen) atoms. The zero-order chi connectivity index (χ0) is 24.7. The minimum atomic E-state index is -1.14. The quantitative estimate of drug-likeness (QED) is 0.193. The van der Waals surface area contributed by atoms with Gasteiger partial charge in [-0.3, -0.25) is 19.2 Å². The highest BCUT2D eigenvalue weighted by molar-refractivity contribution is 6.97. The van der Waals surface area contributed by atoms with Crippen LogP contribution in [0.2, 0.25) is 0 Å². The van der Waals surface area contributed by atoms with E-state index >= 15 is 0 Å². The molecule has 0 saturated heterocycles. The fourth-order valence-electron chi connectivity index (χ4n) is 1.66. The molecule has 0 bridgehead atoms. The molecule has 1 N–H and O–H groups in total. The predicted molar refractivity (Wildman–Crippen MR) is 129 cm³/mol. The predicted octanol–water partition coefficient (Wildman–Crippen LogP) is 2.85. The van der Waals surface area contributed by atoms with Crippen molar-refractivity contribution >= 4 is 45.5 Å². The van der Waals surface area contributed by atoms with E-state index in [1.165, 1.54) is 9.80 Å². The Morgan fingerprint density at radius 1 is 0.581 bits per heavy atom. The van der Waals surface area contributed by atoms with E-state index in [9.17, 15) is 19.2 Å². The first kappa shape index (κ1) is 32.9. The summed E-state index contributed by atoms with van der Waals surface area (Å²) in [5.41, 5.74) is 0. The molecule has 9 heteroatoms. The number of amides is 2. The molecule has 0 heterocycles. The highest BCUT2D eigenvalue weighted by atomic mass is 35.5. The summed E-state index contributed by atoms with van der Waals surface area (Å²) < 4.78 is 0. The number of carbonyl (C=O) groups is 4. The van der Waals surface area contributed by atoms with E-state index in [0.29, 0.717) is 26.2 Å². The molecule has 7 nitrogen and oxygen atoms in total. The molecule has 0 aliphatic carbocycles. The molecule has 0 aromatic carbocycles. The lowest BCUT2D eigenvalue weighted by molar-refractivity contribution is -0.150. The van der Waals surface area contributed by atoms with Crippen LogP contribution in [0.25, 0.3) is 0 Å². The minimum Gasteiger partial charge on any atom is -0.327 e. The second-order valence-electron chi connectivity index (χ2n) is 5.36. The van der Waals surface area contributed by atoms with Crippen LogP contribution >= 0.6 is 23.2 Å². The minimum absolute atomic E-state index is 0.312. The zero-order valence-electron chi connectivity index (χ0n) is 17.7. The maximum absolute atomic E-state index is 12.0. The molecule has 0 atom stereocenters. The zero-order valence-corrected chi connectivity index (χ0v) is 19.2. The Bertz CT molecular complexity index is 575. The summed E-state index contributed by atoms with van der Waals surface area (Å²) in [6, 6.07) is 0. The second-order valence-corrected chi connectivity index (χ2v) is 6.04. The van der Waals surface area contributed by atoms with Gasteiger partial charge in [0.1, 0.15) is 0 Å². The van der Waals surface area contributed by atoms with Gasteiger partial charge in [-0.25, -0.2) is 0 Å². The summed E-state index contributed by atoms with van der Waals surface area (Å²) in [6.07, 6.45) is 9.92. The van der Waals surface area contributed by atoms with Gasteiger partial charge in [-0.1, -0.05) is 36.5 Å². The fraction of sp³-hybridized carbons (Fsp3) is 0.273. The first-order chi connectivity index (χ1) is 14.7. The van der Waals surface area contributed by atoms with Crippen LogP contribution in [0.5, 0.6) is 0 Å². The summed E-state index contributed by atoms with van der Waals surface area (Å²) in [5.74, 6) is -1.14. The third-order valence-electron chi connectivity index (χ3n) is 2.89. The van der Waals surface area contributed by atoms with E-state index in [-0.39, 0.29) is 0 Å². The average Bonchev–Trinajstić information content (AvgIpc) is 2.73. The highest BCUT2D eigenvalue weighted by Crippen LogP contribution is 1.98. The van der Waals surface area contributed by atoms with Crippen LogP contribution in [-0.2, 0) is 19.2 Å². The smallest absolute Gasteiger partial charge is 0.312 e. The summed E-state index contributed by atoms with van der Waals surface area (Å²) >= 11 is 8.98. The molecule has 0 rings (SSSR count). The van der Waals surface area contributed by atoms with E-state index in [1.807, 2.05) is 12.2 Å². The maximum Gasteiger partial charge on any atom is 0.312 e. The second kappa shape index (κ2) is 23.5. The number of hydrogen-bond acceptors (Lipinski definition) is 5. The van der Waals surface area contributed by atoms with Crippen LogP contribution in [0.1, 0.15) is 0 Å². The normalized spacial score (nSPS) is 8.58. The summed E-state index contributed by atoms with van der Waals surface area (Å²) in [4.78, 5) is 45.6. The lowest BCUT2D eigenvalue weighted by atomic mass is 10.3. The molecule has 0 aromatic heterocycles. The molecule has 0 aliphatic rings. The Labute approximate surface area is 195 Å². The SMILES string of the molecule is C=CCN(CC=C)C(=O)C(=O)N(CC=C)CC=C.C=CCNCC=C.O=C(Cl)C(=O)Cl. The van der Waals surface area contributed by atoms with Crippen LogP contribution in [0.3, 0.4) is 0 Å². The molecule has 0 fully saturated rings. The van der Waals surface area contributed by atoms with Gasteiger partial charge in [0.25, 0.3) is 0 Å². The first-order valence-electron chi connectivity index (χ1n) is 9.01. The fourth-order valence-corrected chi connectivity index (χ4v) is 1.66. The largest absolute Gasteiger partial charge is 0.327 e. The van der Waals surface area contributed by atoms with Gasteiger partial charge in [0.15, 0.2) is 0 Å². The molecule has 0 aromatic rings. The van der Waals surface area contributed by atoms with Crippen LogP contribution in [-0.4, -0.2) is 71.4 Å². The van der Waals surface area contributed by atoms with E-state index in [4.69, 9.17) is 0 Å². The molecule has 172 valence electrons. The molecule has 0 aliphatic heterocycles. The van der Waals surface area contributed by atoms with Crippen LogP contribution < -0.4 is 5.32 Å². The average molecular weight is 472 g/mol. The Morgan fingerprint density at radius 2 is 0.839 bits per heavy atom. The Kier molecular flexibility index (Phi) is 25.0. The van der Waals surface area contributed by atoms with E-state index in [1.54, 1.807) is 24.3 Å². The van der Waals surface area contributed by atoms with Crippen molar-refractivity contribution in [2.45, 2.75) is 0 Å². The van der Waals surface area contributed by atoms with E-state index < -0.39 is 22.3 Å². The molecular weight excluding hydrogens is 441 g/mol. The molecule has 0 unspecified atom stereocenters. The molecule has 2 amide bonds. The first-order valence-corrected chi connectivity index (χ1v) is 9.77. The van der Waals surface area contributed by atoms with Crippen molar-refractivity contribution in [3.63, 3.8) is 0 Å². The Morgan fingerprint density at radius 3 is 1.00 bits per heavy atom. The van der Waals surface area contributed by atoms with Crippen molar-refractivity contribution in [2.75, 3.05) is 39.3 Å². The molecule has 0 spiro atoms. The third-order valence-corrected chi connectivity index (χ3v) is 3.33. The Balaban J connectivity index is -0.000000492. The Hall–Kier alpha value is -2.74. The van der Waals surface area contributed by atoms with Crippen molar-refractivity contribution in [3.8, 4) is 0 Å². The standard InChI is InChI=1S/C14H20N2O2.C6H11N.C2Cl2O2/c1-5-9-15(10-6-2)13(17)14(18)16(11-7-3)12-8-4;1-3-5-7-6-4-2;3-1(5)2(4)6/h5-8H,1-4,9-12H2;3-4,7H,1-2,5-6H2;. The van der Waals surface area contributed by atoms with Gasteiger partial charge in [-0.2, -0.15) is 0 Å². The van der Waals surface area contributed by atoms with Crippen LogP contribution in [0.15, 0.2) is 75.9 Å². The lowest BCUT2D eigenvalue weighted by Crippen LogP contribution is -2.45. The summed E-state index contributed by atoms with van der Waals surface area (Å²) in [6.45, 7) is 24.3. The summed E-state index contributed by atoms with van der Waals surface area (Å²) in [7, 11) is 0. The third kappa shape index (κ3) is 20.3. The molecule has 0 saturated carbocycles. The van der Waals surface area contributed by atoms with Crippen LogP contribution in [0, 0.1) is 0 Å². The van der Waals surface area contributed by atoms with E-state index in [2.05, 4.69) is 68.0 Å². The van der Waals surface area contributed by atoms with Gasteiger partial charge in [0.05, 0.1) is 0 Å². The van der Waals surface area contributed by atoms with Gasteiger partial charge in [-0.05, 0) is 23.2 Å². The number of carbonyl (C=O) groups excluding carboxylic acids is 4. The monoisotopic (exact) mass is 471 g/mol. The van der Waals surface area contributed by atoms with E-state index in [0.717, 1.165) is 13.1 Å². The van der Waals surface area contributed by atoms with Gasteiger partial charge in [0.2, 0.25) is 0 Å². The van der Waals surface area contributed by atoms with Crippen molar-refractivity contribution in [1.82, 2.24) is 15.1 Å². The number of nitrogens with zero attached hydrogens (tertiary/aromatic N) is 2. The van der Waals surface area contributed by atoms with Gasteiger partial charge >= 0.3 is 22.3 Å². The summed E-state index contributed by atoms with van der Waals surface area (Å²) in [5, 5.41) is 0.765. The number of nitrogens with one attached hydrogen (secondary N) is 1. The van der Waals surface area contributed by atoms with Gasteiger partial charge in [-0.15, -0.1) is 39.5 Å². The molecule has 0 radical (unpaired) electrons. The van der Waals surface area contributed by atoms with Crippen LogP contribution in [0.4, 0.5) is 0 Å². The van der Waals surface area contributed by atoms with Gasteiger partial charge < -0.3 is 15.1 Å². The maximum atomic E-state index is 12.0.